The molecule has 0 atom stereocenters. The van der Waals surface area contributed by atoms with E-state index in [2.05, 4.69) is 15.6 Å². The highest BCUT2D eigenvalue weighted by atomic mass is 16.5. The fourth-order valence-electron chi connectivity index (χ4n) is 2.15. The van der Waals surface area contributed by atoms with Crippen LogP contribution in [0.5, 0.6) is 5.75 Å². The average molecular weight is 341 g/mol. The predicted octanol–water partition coefficient (Wildman–Crippen LogP) is 3.26. The van der Waals surface area contributed by atoms with Crippen molar-refractivity contribution in [1.82, 2.24) is 10.3 Å². The predicted molar refractivity (Wildman–Crippen MR) is 97.0 cm³/mol. The van der Waals surface area contributed by atoms with Gasteiger partial charge in [0, 0.05) is 18.3 Å². The van der Waals surface area contributed by atoms with Gasteiger partial charge in [-0.05, 0) is 44.5 Å². The largest absolute Gasteiger partial charge is 0.489 e. The fraction of sp³-hybridized carbons (Fsp3) is 0.316. The zero-order valence-corrected chi connectivity index (χ0v) is 14.7. The second-order valence-corrected chi connectivity index (χ2v) is 5.80. The summed E-state index contributed by atoms with van der Waals surface area (Å²) in [5, 5.41) is 5.56. The molecule has 0 aliphatic heterocycles. The molecular formula is C19H23N3O3. The number of ether oxygens (including phenoxy) is 1. The van der Waals surface area contributed by atoms with Crippen LogP contribution in [0, 0.1) is 0 Å². The zero-order chi connectivity index (χ0) is 18.2. The molecule has 0 spiro atoms. The van der Waals surface area contributed by atoms with Crippen molar-refractivity contribution < 1.29 is 14.3 Å². The van der Waals surface area contributed by atoms with Gasteiger partial charge >= 0.3 is 0 Å². The van der Waals surface area contributed by atoms with Gasteiger partial charge in [-0.15, -0.1) is 0 Å². The molecule has 2 aromatic rings. The first-order valence-corrected chi connectivity index (χ1v) is 8.32. The van der Waals surface area contributed by atoms with Crippen molar-refractivity contribution in [1.29, 1.82) is 0 Å². The Hall–Kier alpha value is -2.89. The molecule has 132 valence electrons. The van der Waals surface area contributed by atoms with Gasteiger partial charge in [0.2, 0.25) is 0 Å². The Kier molecular flexibility index (Phi) is 6.51. The minimum absolute atomic E-state index is 0.00663. The van der Waals surface area contributed by atoms with E-state index in [1.807, 2.05) is 32.9 Å². The first-order valence-electron chi connectivity index (χ1n) is 8.32. The molecule has 2 amide bonds. The molecule has 0 saturated heterocycles. The standard InChI is InChI=1S/C19H23N3O3/c1-4-10-21-19(24)16-12-14(9-11-20-16)18(23)22-15-7-5-6-8-17(15)25-13(2)3/h5-9,11-13H,4,10H2,1-3H3,(H,21,24)(H,22,23). The van der Waals surface area contributed by atoms with E-state index in [4.69, 9.17) is 4.74 Å². The van der Waals surface area contributed by atoms with Gasteiger partial charge in [0.05, 0.1) is 11.8 Å². The number of nitrogens with zero attached hydrogens (tertiary/aromatic N) is 1. The van der Waals surface area contributed by atoms with Crippen LogP contribution in [0.2, 0.25) is 0 Å². The van der Waals surface area contributed by atoms with E-state index < -0.39 is 0 Å². The molecule has 2 N–H and O–H groups in total. The first-order chi connectivity index (χ1) is 12.0. The van der Waals surface area contributed by atoms with Gasteiger partial charge in [0.25, 0.3) is 11.8 Å². The van der Waals surface area contributed by atoms with Crippen molar-refractivity contribution in [3.8, 4) is 5.75 Å². The lowest BCUT2D eigenvalue weighted by molar-refractivity contribution is 0.0948. The Labute approximate surface area is 147 Å². The van der Waals surface area contributed by atoms with Gasteiger partial charge < -0.3 is 15.4 Å². The highest BCUT2D eigenvalue weighted by Crippen LogP contribution is 2.25. The summed E-state index contributed by atoms with van der Waals surface area (Å²) in [6.07, 6.45) is 2.28. The summed E-state index contributed by atoms with van der Waals surface area (Å²) in [4.78, 5) is 28.5. The van der Waals surface area contributed by atoms with Crippen molar-refractivity contribution in [3.05, 3.63) is 53.9 Å². The summed E-state index contributed by atoms with van der Waals surface area (Å²) in [6.45, 7) is 6.37. The lowest BCUT2D eigenvalue weighted by atomic mass is 10.2. The van der Waals surface area contributed by atoms with E-state index >= 15 is 0 Å². The molecule has 0 radical (unpaired) electrons. The minimum Gasteiger partial charge on any atom is -0.489 e. The van der Waals surface area contributed by atoms with Crippen LogP contribution < -0.4 is 15.4 Å². The average Bonchev–Trinajstić information content (AvgIpc) is 2.61. The second kappa shape index (κ2) is 8.82. The Bertz CT molecular complexity index is 744. The smallest absolute Gasteiger partial charge is 0.269 e. The maximum Gasteiger partial charge on any atom is 0.269 e. The summed E-state index contributed by atoms with van der Waals surface area (Å²) in [6, 6.07) is 10.3. The quantitative estimate of drug-likeness (QED) is 0.810. The molecule has 0 saturated carbocycles. The van der Waals surface area contributed by atoms with Crippen LogP contribution in [0.15, 0.2) is 42.6 Å². The molecule has 6 nitrogen and oxygen atoms in total. The molecule has 25 heavy (non-hydrogen) atoms. The van der Waals surface area contributed by atoms with Gasteiger partial charge in [-0.1, -0.05) is 19.1 Å². The lowest BCUT2D eigenvalue weighted by Crippen LogP contribution is -2.25. The fourth-order valence-corrected chi connectivity index (χ4v) is 2.15. The van der Waals surface area contributed by atoms with Gasteiger partial charge in [-0.25, -0.2) is 0 Å². The molecule has 1 aromatic heterocycles. The van der Waals surface area contributed by atoms with E-state index in [9.17, 15) is 9.59 Å². The molecule has 0 aliphatic rings. The molecule has 1 aromatic carbocycles. The monoisotopic (exact) mass is 341 g/mol. The summed E-state index contributed by atoms with van der Waals surface area (Å²) in [7, 11) is 0. The summed E-state index contributed by atoms with van der Waals surface area (Å²) >= 11 is 0. The maximum atomic E-state index is 12.5. The second-order valence-electron chi connectivity index (χ2n) is 5.80. The molecule has 2 rings (SSSR count). The van der Waals surface area contributed by atoms with Crippen molar-refractivity contribution in [2.75, 3.05) is 11.9 Å². The number of hydrogen-bond donors (Lipinski definition) is 2. The first kappa shape index (κ1) is 18.4. The van der Waals surface area contributed by atoms with Gasteiger partial charge in [-0.2, -0.15) is 0 Å². The van der Waals surface area contributed by atoms with Crippen molar-refractivity contribution in [2.24, 2.45) is 0 Å². The topological polar surface area (TPSA) is 80.3 Å². The van der Waals surface area contributed by atoms with Crippen LogP contribution in [-0.2, 0) is 0 Å². The number of anilines is 1. The van der Waals surface area contributed by atoms with Crippen LogP contribution in [0.1, 0.15) is 48.0 Å². The summed E-state index contributed by atoms with van der Waals surface area (Å²) in [5.41, 5.74) is 1.15. The number of carbonyl (C=O) groups is 2. The SMILES string of the molecule is CCCNC(=O)c1cc(C(=O)Nc2ccccc2OC(C)C)ccn1. The van der Waals surface area contributed by atoms with Crippen LogP contribution in [0.25, 0.3) is 0 Å². The summed E-state index contributed by atoms with van der Waals surface area (Å²) < 4.78 is 5.70. The number of nitrogens with one attached hydrogen (secondary N) is 2. The normalized spacial score (nSPS) is 10.4. The Morgan fingerprint density at radius 3 is 2.64 bits per heavy atom. The van der Waals surface area contributed by atoms with E-state index in [0.29, 0.717) is 23.5 Å². The molecule has 0 fully saturated rings. The van der Waals surface area contributed by atoms with Crippen molar-refractivity contribution in [2.45, 2.75) is 33.3 Å². The molecule has 0 aliphatic carbocycles. The van der Waals surface area contributed by atoms with E-state index in [-0.39, 0.29) is 23.6 Å². The van der Waals surface area contributed by atoms with Crippen LogP contribution in [0.4, 0.5) is 5.69 Å². The number of hydrogen-bond acceptors (Lipinski definition) is 4. The van der Waals surface area contributed by atoms with Crippen LogP contribution in [0.3, 0.4) is 0 Å². The molecular weight excluding hydrogens is 318 g/mol. The number of benzene rings is 1. The number of para-hydroxylation sites is 2. The van der Waals surface area contributed by atoms with Crippen LogP contribution in [-0.4, -0.2) is 29.4 Å². The molecule has 0 unspecified atom stereocenters. The third kappa shape index (κ3) is 5.31. The maximum absolute atomic E-state index is 12.5. The summed E-state index contributed by atoms with van der Waals surface area (Å²) in [5.74, 6) is -0.0207. The lowest BCUT2D eigenvalue weighted by Gasteiger charge is -2.15. The number of rotatable bonds is 7. The molecule has 0 bridgehead atoms. The molecule has 6 heteroatoms. The van der Waals surface area contributed by atoms with Gasteiger partial charge in [0.15, 0.2) is 0 Å². The van der Waals surface area contributed by atoms with E-state index in [0.717, 1.165) is 6.42 Å². The van der Waals surface area contributed by atoms with Crippen LogP contribution >= 0.6 is 0 Å². The third-order valence-corrected chi connectivity index (χ3v) is 3.29. The van der Waals surface area contributed by atoms with E-state index in [1.54, 1.807) is 18.2 Å². The number of pyridine rings is 1. The number of carbonyl (C=O) groups excluding carboxylic acids is 2. The minimum atomic E-state index is -0.327. The zero-order valence-electron chi connectivity index (χ0n) is 14.7. The molecule has 1 heterocycles. The Balaban J connectivity index is 2.15. The third-order valence-electron chi connectivity index (χ3n) is 3.29. The highest BCUT2D eigenvalue weighted by molar-refractivity contribution is 6.06. The number of amides is 2. The van der Waals surface area contributed by atoms with Gasteiger partial charge in [-0.3, -0.25) is 14.6 Å². The Morgan fingerprint density at radius 2 is 1.92 bits per heavy atom. The number of aromatic nitrogens is 1. The highest BCUT2D eigenvalue weighted by Gasteiger charge is 2.13. The van der Waals surface area contributed by atoms with E-state index in [1.165, 1.54) is 12.3 Å². The Morgan fingerprint density at radius 1 is 1.16 bits per heavy atom. The van der Waals surface area contributed by atoms with Crippen molar-refractivity contribution >= 4 is 17.5 Å². The van der Waals surface area contributed by atoms with Crippen molar-refractivity contribution in [3.63, 3.8) is 0 Å². The van der Waals surface area contributed by atoms with Gasteiger partial charge in [0.1, 0.15) is 11.4 Å².